The molecule has 5 heteroatoms. The first-order chi connectivity index (χ1) is 11.9. The Morgan fingerprint density at radius 2 is 2.08 bits per heavy atom. The number of carbonyl (C=O) groups is 1. The monoisotopic (exact) mass is 358 g/mol. The average Bonchev–Trinajstić information content (AvgIpc) is 3.33. The molecule has 1 fully saturated rings. The van der Waals surface area contributed by atoms with E-state index in [1.54, 1.807) is 11.3 Å². The third-order valence-corrected chi connectivity index (χ3v) is 5.48. The molecule has 2 aromatic rings. The zero-order chi connectivity index (χ0) is 18.0. The molecule has 1 aliphatic rings. The molecule has 134 valence electrons. The summed E-state index contributed by atoms with van der Waals surface area (Å²) in [6.07, 6.45) is 2.07. The van der Waals surface area contributed by atoms with Crippen molar-refractivity contribution >= 4 is 17.2 Å². The molecule has 1 saturated carbocycles. The molecule has 0 radical (unpaired) electrons. The van der Waals surface area contributed by atoms with Crippen LogP contribution in [0.25, 0.3) is 0 Å². The fourth-order valence-electron chi connectivity index (χ4n) is 2.69. The normalized spacial score (nSPS) is 14.0. The lowest BCUT2D eigenvalue weighted by Gasteiger charge is -2.26. The lowest BCUT2D eigenvalue weighted by atomic mass is 10.1. The summed E-state index contributed by atoms with van der Waals surface area (Å²) >= 11 is 1.59. The highest BCUT2D eigenvalue weighted by molar-refractivity contribution is 7.09. The maximum Gasteiger partial charge on any atom is 0.226 e. The van der Waals surface area contributed by atoms with Crippen LogP contribution < -0.4 is 4.74 Å². The van der Waals surface area contributed by atoms with Crippen LogP contribution in [0.2, 0.25) is 0 Å². The molecule has 1 heterocycles. The number of ether oxygens (including phenoxy) is 1. The molecule has 1 aliphatic carbocycles. The largest absolute Gasteiger partial charge is 0.486 e. The second-order valence-corrected chi connectivity index (χ2v) is 8.04. The fourth-order valence-corrected chi connectivity index (χ4v) is 3.39. The Balaban J connectivity index is 1.59. The van der Waals surface area contributed by atoms with E-state index in [1.165, 1.54) is 11.1 Å². The maximum atomic E-state index is 12.4. The lowest BCUT2D eigenvalue weighted by molar-refractivity contribution is -0.135. The van der Waals surface area contributed by atoms with Crippen LogP contribution in [0.15, 0.2) is 23.6 Å². The molecule has 0 spiro atoms. The number of amides is 1. The Labute approximate surface area is 153 Å². The molecule has 25 heavy (non-hydrogen) atoms. The van der Waals surface area contributed by atoms with Gasteiger partial charge in [-0.2, -0.15) is 0 Å². The van der Waals surface area contributed by atoms with Crippen molar-refractivity contribution in [1.82, 2.24) is 9.88 Å². The van der Waals surface area contributed by atoms with Gasteiger partial charge in [0.15, 0.2) is 0 Å². The van der Waals surface area contributed by atoms with E-state index in [4.69, 9.17) is 4.74 Å². The second kappa shape index (κ2) is 7.56. The van der Waals surface area contributed by atoms with E-state index in [-0.39, 0.29) is 17.9 Å². The van der Waals surface area contributed by atoms with Gasteiger partial charge in [-0.15, -0.1) is 11.3 Å². The first-order valence-corrected chi connectivity index (χ1v) is 9.76. The van der Waals surface area contributed by atoms with Crippen LogP contribution in [0, 0.1) is 19.8 Å². The van der Waals surface area contributed by atoms with Crippen molar-refractivity contribution in [2.45, 2.75) is 59.7 Å². The molecular formula is C20H26N2O2S. The minimum atomic E-state index is 0.199. The van der Waals surface area contributed by atoms with Gasteiger partial charge < -0.3 is 9.64 Å². The smallest absolute Gasteiger partial charge is 0.226 e. The summed E-state index contributed by atoms with van der Waals surface area (Å²) < 4.78 is 5.86. The van der Waals surface area contributed by atoms with Gasteiger partial charge in [0.25, 0.3) is 0 Å². The quantitative estimate of drug-likeness (QED) is 0.732. The molecule has 1 amide bonds. The number of benzene rings is 1. The van der Waals surface area contributed by atoms with Gasteiger partial charge in [-0.05, 0) is 63.8 Å². The molecule has 0 saturated heterocycles. The highest BCUT2D eigenvalue weighted by atomic mass is 32.1. The first-order valence-electron chi connectivity index (χ1n) is 8.88. The summed E-state index contributed by atoms with van der Waals surface area (Å²) in [7, 11) is 0. The van der Waals surface area contributed by atoms with Crippen molar-refractivity contribution in [1.29, 1.82) is 0 Å². The van der Waals surface area contributed by atoms with E-state index < -0.39 is 0 Å². The summed E-state index contributed by atoms with van der Waals surface area (Å²) in [6, 6.07) is 6.32. The van der Waals surface area contributed by atoms with Gasteiger partial charge >= 0.3 is 0 Å². The lowest BCUT2D eigenvalue weighted by Crippen LogP contribution is -2.37. The second-order valence-electron chi connectivity index (χ2n) is 7.10. The molecule has 0 bridgehead atoms. The minimum Gasteiger partial charge on any atom is -0.486 e. The van der Waals surface area contributed by atoms with E-state index in [2.05, 4.69) is 44.8 Å². The van der Waals surface area contributed by atoms with Gasteiger partial charge in [0.2, 0.25) is 5.91 Å². The zero-order valence-electron chi connectivity index (χ0n) is 15.4. The number of rotatable bonds is 7. The van der Waals surface area contributed by atoms with Gasteiger partial charge in [0, 0.05) is 17.3 Å². The average molecular weight is 359 g/mol. The minimum absolute atomic E-state index is 0.199. The van der Waals surface area contributed by atoms with Crippen molar-refractivity contribution < 1.29 is 9.53 Å². The number of hydrogen-bond acceptors (Lipinski definition) is 4. The standard InChI is InChI=1S/C20H26N2O2S/c1-13(2)22(20(23)16-6-7-16)10-17-12-25-19(21-17)11-24-18-8-5-14(3)15(4)9-18/h5,8-9,12-13,16H,6-7,10-11H2,1-4H3. The number of carbonyl (C=O) groups excluding carboxylic acids is 1. The summed E-state index contributed by atoms with van der Waals surface area (Å²) in [4.78, 5) is 19.0. The number of aromatic nitrogens is 1. The summed E-state index contributed by atoms with van der Waals surface area (Å²) in [5.41, 5.74) is 3.44. The van der Waals surface area contributed by atoms with Crippen molar-refractivity contribution in [3.63, 3.8) is 0 Å². The Morgan fingerprint density at radius 1 is 1.32 bits per heavy atom. The van der Waals surface area contributed by atoms with Crippen molar-refractivity contribution in [2.24, 2.45) is 5.92 Å². The van der Waals surface area contributed by atoms with E-state index in [0.717, 1.165) is 29.3 Å². The van der Waals surface area contributed by atoms with Crippen molar-refractivity contribution in [3.05, 3.63) is 45.4 Å². The van der Waals surface area contributed by atoms with Gasteiger partial charge in [-0.3, -0.25) is 4.79 Å². The van der Waals surface area contributed by atoms with Gasteiger partial charge in [0.1, 0.15) is 17.4 Å². The zero-order valence-corrected chi connectivity index (χ0v) is 16.2. The SMILES string of the molecule is Cc1ccc(OCc2nc(CN(C(=O)C3CC3)C(C)C)cs2)cc1C. The van der Waals surface area contributed by atoms with E-state index in [0.29, 0.717) is 13.2 Å². The molecule has 1 aromatic carbocycles. The molecule has 0 atom stereocenters. The molecular weight excluding hydrogens is 332 g/mol. The number of nitrogens with zero attached hydrogens (tertiary/aromatic N) is 2. The van der Waals surface area contributed by atoms with E-state index in [9.17, 15) is 4.79 Å². The van der Waals surface area contributed by atoms with Crippen LogP contribution in [0.4, 0.5) is 0 Å². The topological polar surface area (TPSA) is 42.4 Å². The maximum absolute atomic E-state index is 12.4. The van der Waals surface area contributed by atoms with Crippen LogP contribution in [0.1, 0.15) is 48.5 Å². The van der Waals surface area contributed by atoms with Crippen LogP contribution in [0.5, 0.6) is 5.75 Å². The predicted octanol–water partition coefficient (Wildman–Crippen LogP) is 4.49. The summed E-state index contributed by atoms with van der Waals surface area (Å²) in [6.45, 7) is 9.36. The summed E-state index contributed by atoms with van der Waals surface area (Å²) in [5, 5.41) is 2.98. The first kappa shape index (κ1) is 17.9. The highest BCUT2D eigenvalue weighted by Gasteiger charge is 2.34. The predicted molar refractivity (Wildman–Crippen MR) is 101 cm³/mol. The van der Waals surface area contributed by atoms with Crippen LogP contribution >= 0.6 is 11.3 Å². The third-order valence-electron chi connectivity index (χ3n) is 4.61. The Hall–Kier alpha value is -1.88. The molecule has 0 unspecified atom stereocenters. The molecule has 0 aliphatic heterocycles. The third kappa shape index (κ3) is 4.60. The Kier molecular flexibility index (Phi) is 5.42. The molecule has 1 aromatic heterocycles. The number of aryl methyl sites for hydroxylation is 2. The van der Waals surface area contributed by atoms with Crippen molar-refractivity contribution in [3.8, 4) is 5.75 Å². The number of hydrogen-bond donors (Lipinski definition) is 0. The van der Waals surface area contributed by atoms with E-state index >= 15 is 0 Å². The van der Waals surface area contributed by atoms with E-state index in [1.807, 2.05) is 16.3 Å². The molecule has 3 rings (SSSR count). The van der Waals surface area contributed by atoms with Gasteiger partial charge in [-0.25, -0.2) is 4.98 Å². The van der Waals surface area contributed by atoms with Crippen molar-refractivity contribution in [2.75, 3.05) is 0 Å². The van der Waals surface area contributed by atoms with Crippen LogP contribution in [-0.4, -0.2) is 21.8 Å². The molecule has 4 nitrogen and oxygen atoms in total. The van der Waals surface area contributed by atoms with Gasteiger partial charge in [-0.1, -0.05) is 6.07 Å². The Morgan fingerprint density at radius 3 is 2.72 bits per heavy atom. The van der Waals surface area contributed by atoms with Gasteiger partial charge in [0.05, 0.1) is 12.2 Å². The molecule has 0 N–H and O–H groups in total. The number of thiazole rings is 1. The fraction of sp³-hybridized carbons (Fsp3) is 0.500. The summed E-state index contributed by atoms with van der Waals surface area (Å²) in [5.74, 6) is 1.39. The Bertz CT molecular complexity index is 750. The van der Waals surface area contributed by atoms with Crippen LogP contribution in [0.3, 0.4) is 0 Å². The van der Waals surface area contributed by atoms with Crippen LogP contribution in [-0.2, 0) is 17.9 Å². The highest BCUT2D eigenvalue weighted by Crippen LogP contribution is 2.32.